The highest BCUT2D eigenvalue weighted by Gasteiger charge is 2.27. The van der Waals surface area contributed by atoms with Crippen molar-refractivity contribution in [3.63, 3.8) is 0 Å². The molecule has 0 saturated heterocycles. The van der Waals surface area contributed by atoms with E-state index >= 15 is 0 Å². The van der Waals surface area contributed by atoms with Crippen molar-refractivity contribution in [2.24, 2.45) is 5.73 Å². The van der Waals surface area contributed by atoms with E-state index in [1.54, 1.807) is 7.05 Å². The Hall–Kier alpha value is -0.610. The topological polar surface area (TPSA) is 64.3 Å². The summed E-state index contributed by atoms with van der Waals surface area (Å²) in [5.74, 6) is -0.285. The Morgan fingerprint density at radius 1 is 1.11 bits per heavy atom. The summed E-state index contributed by atoms with van der Waals surface area (Å²) in [6.45, 7) is 5.72. The van der Waals surface area contributed by atoms with E-state index in [4.69, 9.17) is 10.5 Å². The van der Waals surface area contributed by atoms with Crippen LogP contribution in [-0.4, -0.2) is 31.7 Å². The van der Waals surface area contributed by atoms with Crippen LogP contribution < -0.4 is 11.1 Å². The van der Waals surface area contributed by atoms with Gasteiger partial charge in [0.1, 0.15) is 0 Å². The highest BCUT2D eigenvalue weighted by atomic mass is 16.5. The third-order valence-corrected chi connectivity index (χ3v) is 3.70. The largest absolute Gasteiger partial charge is 0.381 e. The van der Waals surface area contributed by atoms with E-state index in [1.807, 2.05) is 6.92 Å². The zero-order valence-corrected chi connectivity index (χ0v) is 13.0. The zero-order valence-electron chi connectivity index (χ0n) is 13.0. The minimum atomic E-state index is -0.583. The number of nitrogens with one attached hydrogen (secondary N) is 1. The molecule has 4 nitrogen and oxygen atoms in total. The molecule has 0 spiro atoms. The summed E-state index contributed by atoms with van der Waals surface area (Å²) >= 11 is 0. The van der Waals surface area contributed by atoms with Gasteiger partial charge in [-0.25, -0.2) is 0 Å². The Labute approximate surface area is 118 Å². The molecule has 0 rings (SSSR count). The average molecular weight is 272 g/mol. The second-order valence-electron chi connectivity index (χ2n) is 5.43. The zero-order chi connectivity index (χ0) is 14.6. The summed E-state index contributed by atoms with van der Waals surface area (Å²) < 4.78 is 5.59. The molecule has 114 valence electrons. The Balaban J connectivity index is 3.38. The Morgan fingerprint density at radius 3 is 2.21 bits per heavy atom. The fraction of sp³-hybridized carbons (Fsp3) is 0.933. The second kappa shape index (κ2) is 11.2. The Bertz CT molecular complexity index is 234. The number of hydrogen-bond donors (Lipinski definition) is 2. The van der Waals surface area contributed by atoms with E-state index in [1.165, 1.54) is 25.7 Å². The molecule has 1 atom stereocenters. The summed E-state index contributed by atoms with van der Waals surface area (Å²) in [6.07, 6.45) is 9.07. The molecule has 0 fully saturated rings. The summed E-state index contributed by atoms with van der Waals surface area (Å²) in [7, 11) is 1.78. The maximum atomic E-state index is 11.3. The molecule has 0 aliphatic carbocycles. The van der Waals surface area contributed by atoms with Gasteiger partial charge in [0.15, 0.2) is 0 Å². The number of amides is 1. The Morgan fingerprint density at radius 2 is 1.68 bits per heavy atom. The minimum absolute atomic E-state index is 0.285. The number of primary amides is 1. The van der Waals surface area contributed by atoms with E-state index in [0.717, 1.165) is 38.9 Å². The smallest absolute Gasteiger partial charge is 0.237 e. The summed E-state index contributed by atoms with van der Waals surface area (Å²) in [6, 6.07) is 0. The normalized spacial score (nSPS) is 14.3. The molecule has 3 N–H and O–H groups in total. The van der Waals surface area contributed by atoms with Crippen molar-refractivity contribution >= 4 is 5.91 Å². The SMILES string of the molecule is CCCCCCCOCCCCC(C)(NC)C(N)=O. The van der Waals surface area contributed by atoms with Gasteiger partial charge in [-0.05, 0) is 39.7 Å². The van der Waals surface area contributed by atoms with Crippen LogP contribution in [0, 0.1) is 0 Å². The molecular formula is C15H32N2O2. The molecule has 0 aromatic heterocycles. The molecule has 0 radical (unpaired) electrons. The summed E-state index contributed by atoms with van der Waals surface area (Å²) in [5.41, 5.74) is 4.79. The van der Waals surface area contributed by atoms with Crippen LogP contribution in [0.4, 0.5) is 0 Å². The van der Waals surface area contributed by atoms with Crippen LogP contribution >= 0.6 is 0 Å². The molecule has 0 aliphatic rings. The lowest BCUT2D eigenvalue weighted by molar-refractivity contribution is -0.123. The Kier molecular flexibility index (Phi) is 10.9. The first-order chi connectivity index (χ1) is 9.06. The lowest BCUT2D eigenvalue weighted by Crippen LogP contribution is -2.51. The molecule has 19 heavy (non-hydrogen) atoms. The van der Waals surface area contributed by atoms with E-state index in [2.05, 4.69) is 12.2 Å². The fourth-order valence-electron chi connectivity index (χ4n) is 1.96. The second-order valence-corrected chi connectivity index (χ2v) is 5.43. The maximum Gasteiger partial charge on any atom is 0.237 e. The van der Waals surface area contributed by atoms with Gasteiger partial charge in [0, 0.05) is 13.2 Å². The first-order valence-corrected chi connectivity index (χ1v) is 7.63. The van der Waals surface area contributed by atoms with E-state index in [-0.39, 0.29) is 5.91 Å². The van der Waals surface area contributed by atoms with Crippen molar-refractivity contribution in [2.75, 3.05) is 20.3 Å². The van der Waals surface area contributed by atoms with Crippen molar-refractivity contribution in [3.8, 4) is 0 Å². The molecule has 0 aromatic carbocycles. The molecule has 0 aromatic rings. The number of carbonyl (C=O) groups is 1. The third-order valence-electron chi connectivity index (χ3n) is 3.70. The average Bonchev–Trinajstić information content (AvgIpc) is 2.40. The number of carbonyl (C=O) groups excluding carboxylic acids is 1. The van der Waals surface area contributed by atoms with Crippen molar-refractivity contribution in [1.82, 2.24) is 5.32 Å². The van der Waals surface area contributed by atoms with Crippen LogP contribution in [0.2, 0.25) is 0 Å². The highest BCUT2D eigenvalue weighted by Crippen LogP contribution is 2.12. The van der Waals surface area contributed by atoms with Crippen LogP contribution in [0.3, 0.4) is 0 Å². The lowest BCUT2D eigenvalue weighted by Gasteiger charge is -2.25. The molecular weight excluding hydrogens is 240 g/mol. The van der Waals surface area contributed by atoms with Crippen molar-refractivity contribution in [1.29, 1.82) is 0 Å². The van der Waals surface area contributed by atoms with Crippen molar-refractivity contribution < 1.29 is 9.53 Å². The van der Waals surface area contributed by atoms with E-state index in [9.17, 15) is 4.79 Å². The third kappa shape index (κ3) is 9.00. The van der Waals surface area contributed by atoms with Gasteiger partial charge in [0.05, 0.1) is 5.54 Å². The van der Waals surface area contributed by atoms with Crippen LogP contribution in [0.15, 0.2) is 0 Å². The van der Waals surface area contributed by atoms with Crippen LogP contribution in [0.5, 0.6) is 0 Å². The van der Waals surface area contributed by atoms with Gasteiger partial charge in [0.2, 0.25) is 5.91 Å². The monoisotopic (exact) mass is 272 g/mol. The minimum Gasteiger partial charge on any atom is -0.381 e. The van der Waals surface area contributed by atoms with E-state index in [0.29, 0.717) is 0 Å². The summed E-state index contributed by atoms with van der Waals surface area (Å²) in [5, 5.41) is 2.99. The molecule has 0 bridgehead atoms. The standard InChI is InChI=1S/C15H32N2O2/c1-4-5-6-7-9-12-19-13-10-8-11-15(2,17-3)14(16)18/h17H,4-13H2,1-3H3,(H2,16,18). The van der Waals surface area contributed by atoms with Gasteiger partial charge in [-0.15, -0.1) is 0 Å². The van der Waals surface area contributed by atoms with Gasteiger partial charge in [-0.3, -0.25) is 4.79 Å². The number of rotatable bonds is 13. The number of hydrogen-bond acceptors (Lipinski definition) is 3. The van der Waals surface area contributed by atoms with Crippen LogP contribution in [-0.2, 0) is 9.53 Å². The van der Waals surface area contributed by atoms with Gasteiger partial charge in [0.25, 0.3) is 0 Å². The van der Waals surface area contributed by atoms with Crippen molar-refractivity contribution in [3.05, 3.63) is 0 Å². The molecule has 0 saturated carbocycles. The molecule has 1 amide bonds. The first-order valence-electron chi connectivity index (χ1n) is 7.63. The highest BCUT2D eigenvalue weighted by molar-refractivity contribution is 5.84. The van der Waals surface area contributed by atoms with E-state index < -0.39 is 5.54 Å². The van der Waals surface area contributed by atoms with Crippen molar-refractivity contribution in [2.45, 2.75) is 70.8 Å². The molecule has 0 aliphatic heterocycles. The van der Waals surface area contributed by atoms with Crippen LogP contribution in [0.25, 0.3) is 0 Å². The number of ether oxygens (including phenoxy) is 1. The summed E-state index contributed by atoms with van der Waals surface area (Å²) in [4.78, 5) is 11.3. The molecule has 4 heteroatoms. The van der Waals surface area contributed by atoms with Gasteiger partial charge >= 0.3 is 0 Å². The quantitative estimate of drug-likeness (QED) is 0.507. The van der Waals surface area contributed by atoms with Crippen LogP contribution in [0.1, 0.15) is 65.2 Å². The molecule has 1 unspecified atom stereocenters. The lowest BCUT2D eigenvalue weighted by atomic mass is 9.94. The predicted octanol–water partition coefficient (Wildman–Crippen LogP) is 2.61. The first kappa shape index (κ1) is 18.4. The number of likely N-dealkylation sites (N-methyl/N-ethyl adjacent to an activating group) is 1. The van der Waals surface area contributed by atoms with Gasteiger partial charge in [-0.1, -0.05) is 32.6 Å². The van der Waals surface area contributed by atoms with Gasteiger partial charge in [-0.2, -0.15) is 0 Å². The number of unbranched alkanes of at least 4 members (excludes halogenated alkanes) is 5. The maximum absolute atomic E-state index is 11.3. The van der Waals surface area contributed by atoms with Gasteiger partial charge < -0.3 is 15.8 Å². The number of nitrogens with two attached hydrogens (primary N) is 1. The fourth-order valence-corrected chi connectivity index (χ4v) is 1.96. The predicted molar refractivity (Wildman–Crippen MR) is 80.1 cm³/mol. The molecule has 0 heterocycles.